The summed E-state index contributed by atoms with van der Waals surface area (Å²) in [5, 5.41) is 5.00. The molecule has 16 heteroatoms. The number of carbonyl (C=O) groups is 1. The zero-order valence-corrected chi connectivity index (χ0v) is 22.9. The highest BCUT2D eigenvalue weighted by Crippen LogP contribution is 2.32. The molecule has 0 spiro atoms. The number of halogens is 2. The SMILES string of the molecule is CS(=O)(=O)NC1CCN(c2ncccc2NC(=O)c2csc(Sc3nc4ccc(OC(F)F)cc4[nH]3)n2)CC1. The molecule has 1 aromatic carbocycles. The summed E-state index contributed by atoms with van der Waals surface area (Å²) in [5.74, 6) is 0.223. The first-order valence-electron chi connectivity index (χ1n) is 11.7. The van der Waals surface area contributed by atoms with Gasteiger partial charge in [-0.05, 0) is 48.9 Å². The third kappa shape index (κ3) is 7.00. The molecule has 1 aliphatic rings. The lowest BCUT2D eigenvalue weighted by Crippen LogP contribution is -2.44. The maximum Gasteiger partial charge on any atom is 0.387 e. The molecule has 0 bridgehead atoms. The van der Waals surface area contributed by atoms with E-state index in [1.165, 1.54) is 35.2 Å². The molecule has 4 aromatic rings. The van der Waals surface area contributed by atoms with Crippen LogP contribution in [-0.4, -0.2) is 66.3 Å². The second kappa shape index (κ2) is 11.4. The van der Waals surface area contributed by atoms with Crippen molar-refractivity contribution in [3.05, 3.63) is 47.6 Å². The van der Waals surface area contributed by atoms with Crippen LogP contribution < -0.4 is 19.7 Å². The number of hydrogen-bond donors (Lipinski definition) is 3. The van der Waals surface area contributed by atoms with Crippen LogP contribution in [0.5, 0.6) is 5.75 Å². The summed E-state index contributed by atoms with van der Waals surface area (Å²) in [6.45, 7) is -1.76. The Morgan fingerprint density at radius 3 is 2.79 bits per heavy atom. The first kappa shape index (κ1) is 27.2. The fourth-order valence-electron chi connectivity index (χ4n) is 4.13. The summed E-state index contributed by atoms with van der Waals surface area (Å²) in [6.07, 6.45) is 4.02. The highest BCUT2D eigenvalue weighted by Gasteiger charge is 2.24. The van der Waals surface area contributed by atoms with Gasteiger partial charge in [-0.1, -0.05) is 0 Å². The molecule has 1 amide bonds. The van der Waals surface area contributed by atoms with Gasteiger partial charge < -0.3 is 19.9 Å². The van der Waals surface area contributed by atoms with Crippen molar-refractivity contribution >= 4 is 61.6 Å². The van der Waals surface area contributed by atoms with E-state index in [1.807, 2.05) is 4.90 Å². The Kier molecular flexibility index (Phi) is 7.97. The van der Waals surface area contributed by atoms with Crippen molar-refractivity contribution in [1.29, 1.82) is 0 Å². The lowest BCUT2D eigenvalue weighted by atomic mass is 10.1. The Morgan fingerprint density at radius 2 is 2.05 bits per heavy atom. The molecular formula is C23H23F2N7O4S3. The molecule has 206 valence electrons. The molecule has 0 unspecified atom stereocenters. The summed E-state index contributed by atoms with van der Waals surface area (Å²) in [5.41, 5.74) is 1.86. The molecule has 11 nitrogen and oxygen atoms in total. The number of H-pyrrole nitrogens is 1. The van der Waals surface area contributed by atoms with Gasteiger partial charge in [-0.15, -0.1) is 11.3 Å². The van der Waals surface area contributed by atoms with Crippen LogP contribution in [0.2, 0.25) is 0 Å². The number of fused-ring (bicyclic) bond motifs is 1. The maximum atomic E-state index is 13.0. The normalized spacial score (nSPS) is 14.7. The molecule has 3 aromatic heterocycles. The average Bonchev–Trinajstić information content (AvgIpc) is 3.50. The van der Waals surface area contributed by atoms with E-state index in [4.69, 9.17) is 0 Å². The molecule has 1 saturated heterocycles. The van der Waals surface area contributed by atoms with Gasteiger partial charge in [0, 0.05) is 36.8 Å². The lowest BCUT2D eigenvalue weighted by molar-refractivity contribution is -0.0497. The topological polar surface area (TPSA) is 142 Å². The Bertz CT molecular complexity index is 1590. The van der Waals surface area contributed by atoms with Crippen molar-refractivity contribution in [2.45, 2.75) is 35.0 Å². The van der Waals surface area contributed by atoms with Crippen LogP contribution in [0.1, 0.15) is 23.3 Å². The number of ether oxygens (including phenoxy) is 1. The minimum absolute atomic E-state index is 0.0237. The van der Waals surface area contributed by atoms with E-state index in [0.717, 1.165) is 6.26 Å². The van der Waals surface area contributed by atoms with Gasteiger partial charge in [-0.3, -0.25) is 4.79 Å². The van der Waals surface area contributed by atoms with Crippen molar-refractivity contribution in [1.82, 2.24) is 24.7 Å². The highest BCUT2D eigenvalue weighted by molar-refractivity contribution is 8.00. The molecule has 0 radical (unpaired) electrons. The Morgan fingerprint density at radius 1 is 1.26 bits per heavy atom. The number of thiazole rings is 1. The van der Waals surface area contributed by atoms with E-state index in [-0.39, 0.29) is 17.5 Å². The molecule has 39 heavy (non-hydrogen) atoms. The molecule has 0 aliphatic carbocycles. The van der Waals surface area contributed by atoms with Crippen molar-refractivity contribution in [3.63, 3.8) is 0 Å². The number of piperidine rings is 1. The first-order valence-corrected chi connectivity index (χ1v) is 15.3. The molecular weight excluding hydrogens is 572 g/mol. The fourth-order valence-corrected chi connectivity index (χ4v) is 6.68. The van der Waals surface area contributed by atoms with Gasteiger partial charge in [0.15, 0.2) is 15.3 Å². The quantitative estimate of drug-likeness (QED) is 0.262. The predicted octanol–water partition coefficient (Wildman–Crippen LogP) is 3.94. The van der Waals surface area contributed by atoms with Gasteiger partial charge in [-0.2, -0.15) is 8.78 Å². The number of anilines is 2. The molecule has 5 rings (SSSR count). The number of nitrogens with one attached hydrogen (secondary N) is 3. The van der Waals surface area contributed by atoms with Crippen molar-refractivity contribution in [3.8, 4) is 5.75 Å². The second-order valence-corrected chi connectivity index (χ2v) is 12.6. The number of nitrogens with zero attached hydrogens (tertiary/aromatic N) is 4. The number of benzene rings is 1. The number of rotatable bonds is 9. The van der Waals surface area contributed by atoms with Crippen LogP contribution >= 0.6 is 23.1 Å². The van der Waals surface area contributed by atoms with Crippen molar-refractivity contribution < 1.29 is 26.7 Å². The van der Waals surface area contributed by atoms with Crippen LogP contribution in [0.25, 0.3) is 11.0 Å². The summed E-state index contributed by atoms with van der Waals surface area (Å²) >= 11 is 2.48. The van der Waals surface area contributed by atoms with Gasteiger partial charge in [0.25, 0.3) is 5.91 Å². The van der Waals surface area contributed by atoms with Crippen molar-refractivity contribution in [2.75, 3.05) is 29.6 Å². The molecule has 4 heterocycles. The predicted molar refractivity (Wildman–Crippen MR) is 144 cm³/mol. The largest absolute Gasteiger partial charge is 0.435 e. The lowest BCUT2D eigenvalue weighted by Gasteiger charge is -2.33. The Hall–Kier alpha value is -3.34. The number of amides is 1. The van der Waals surface area contributed by atoms with E-state index in [0.29, 0.717) is 58.0 Å². The molecule has 0 atom stereocenters. The number of alkyl halides is 2. The molecule has 1 aliphatic heterocycles. The fraction of sp³-hybridized carbons (Fsp3) is 0.304. The standard InChI is InChI=1S/C23H23F2N7O4S3/c1-39(34,35)31-13-6-9-32(10-7-13)19-16(3-2-8-26-19)27-20(33)18-12-37-23(30-18)38-22-28-15-5-4-14(36-21(24)25)11-17(15)29-22/h2-5,8,11-13,21,31H,6-7,9-10H2,1H3,(H,27,33)(H,28,29). The van der Waals surface area contributed by atoms with Crippen LogP contribution in [-0.2, 0) is 10.0 Å². The number of hydrogen-bond acceptors (Lipinski definition) is 10. The number of aromatic amines is 1. The zero-order chi connectivity index (χ0) is 27.6. The summed E-state index contributed by atoms with van der Waals surface area (Å²) in [4.78, 5) is 31.3. The number of sulfonamides is 1. The minimum Gasteiger partial charge on any atom is -0.435 e. The van der Waals surface area contributed by atoms with Gasteiger partial charge in [-0.25, -0.2) is 28.1 Å². The van der Waals surface area contributed by atoms with Crippen LogP contribution in [0.3, 0.4) is 0 Å². The van der Waals surface area contributed by atoms with E-state index in [2.05, 4.69) is 34.7 Å². The molecule has 3 N–H and O–H groups in total. The Balaban J connectivity index is 1.23. The third-order valence-electron chi connectivity index (χ3n) is 5.77. The van der Waals surface area contributed by atoms with Gasteiger partial charge in [0.05, 0.1) is 23.0 Å². The summed E-state index contributed by atoms with van der Waals surface area (Å²) in [7, 11) is -3.28. The van der Waals surface area contributed by atoms with Crippen LogP contribution in [0, 0.1) is 0 Å². The van der Waals surface area contributed by atoms with Crippen LogP contribution in [0.15, 0.2) is 51.4 Å². The zero-order valence-electron chi connectivity index (χ0n) is 20.4. The van der Waals surface area contributed by atoms with E-state index in [1.54, 1.807) is 29.8 Å². The summed E-state index contributed by atoms with van der Waals surface area (Å²) < 4.78 is 55.6. The number of pyridine rings is 1. The molecule has 0 saturated carbocycles. The molecule has 1 fully saturated rings. The average molecular weight is 596 g/mol. The maximum absolute atomic E-state index is 13.0. The van der Waals surface area contributed by atoms with E-state index in [9.17, 15) is 22.0 Å². The highest BCUT2D eigenvalue weighted by atomic mass is 32.2. The Labute approximate surface area is 230 Å². The smallest absolute Gasteiger partial charge is 0.387 e. The van der Waals surface area contributed by atoms with Gasteiger partial charge in [0.2, 0.25) is 10.0 Å². The monoisotopic (exact) mass is 595 g/mol. The third-order valence-corrected chi connectivity index (χ3v) is 8.35. The van der Waals surface area contributed by atoms with Crippen LogP contribution in [0.4, 0.5) is 20.3 Å². The van der Waals surface area contributed by atoms with Gasteiger partial charge in [0.1, 0.15) is 11.4 Å². The summed E-state index contributed by atoms with van der Waals surface area (Å²) in [6, 6.07) is 7.77. The first-order chi connectivity index (χ1) is 18.6. The van der Waals surface area contributed by atoms with E-state index < -0.39 is 22.5 Å². The van der Waals surface area contributed by atoms with E-state index >= 15 is 0 Å². The minimum atomic E-state index is -3.28. The number of aromatic nitrogens is 4. The van der Waals surface area contributed by atoms with Gasteiger partial charge >= 0.3 is 6.61 Å². The number of carbonyl (C=O) groups excluding carboxylic acids is 1. The second-order valence-electron chi connectivity index (χ2n) is 8.68. The van der Waals surface area contributed by atoms with Crippen molar-refractivity contribution in [2.24, 2.45) is 0 Å². The number of imidazole rings is 1.